The summed E-state index contributed by atoms with van der Waals surface area (Å²) in [6.45, 7) is 6.68. The van der Waals surface area contributed by atoms with Crippen LogP contribution in [0, 0.1) is 0 Å². The molecule has 0 radical (unpaired) electrons. The van der Waals surface area contributed by atoms with Crippen LogP contribution in [0.15, 0.2) is 48.6 Å². The highest BCUT2D eigenvalue weighted by Crippen LogP contribution is 2.18. The molecule has 0 rings (SSSR count). The van der Waals surface area contributed by atoms with E-state index < -0.39 is 6.10 Å². The Morgan fingerprint density at radius 2 is 0.456 bits per heavy atom. The molecule has 0 saturated heterocycles. The summed E-state index contributed by atoms with van der Waals surface area (Å²) in [7, 11) is 0. The molecule has 79 heavy (non-hydrogen) atoms. The number of carbonyl (C=O) groups excluding carboxylic acids is 3. The van der Waals surface area contributed by atoms with E-state index in [0.717, 1.165) is 83.5 Å². The molecule has 0 spiro atoms. The van der Waals surface area contributed by atoms with E-state index in [1.165, 1.54) is 257 Å². The lowest BCUT2D eigenvalue weighted by atomic mass is 10.0. The number of ether oxygens (including phenoxy) is 3. The van der Waals surface area contributed by atoms with Crippen LogP contribution in [0.2, 0.25) is 0 Å². The molecule has 0 aliphatic rings. The van der Waals surface area contributed by atoms with Gasteiger partial charge in [-0.05, 0) is 83.5 Å². The maximum Gasteiger partial charge on any atom is 0.306 e. The van der Waals surface area contributed by atoms with Crippen LogP contribution in [0.5, 0.6) is 0 Å². The second-order valence-corrected chi connectivity index (χ2v) is 23.8. The Labute approximate surface area is 492 Å². The van der Waals surface area contributed by atoms with Crippen LogP contribution in [-0.2, 0) is 28.6 Å². The third kappa shape index (κ3) is 66.1. The summed E-state index contributed by atoms with van der Waals surface area (Å²) in [5.41, 5.74) is 0. The molecule has 0 heterocycles. The summed E-state index contributed by atoms with van der Waals surface area (Å²) in [5.74, 6) is -0.873. The van der Waals surface area contributed by atoms with Crippen molar-refractivity contribution in [3.63, 3.8) is 0 Å². The van der Waals surface area contributed by atoms with Crippen molar-refractivity contribution in [3.05, 3.63) is 48.6 Å². The van der Waals surface area contributed by atoms with Gasteiger partial charge in [-0.3, -0.25) is 14.4 Å². The number of unbranched alkanes of at least 4 members (excludes halogenated alkanes) is 46. The van der Waals surface area contributed by atoms with Gasteiger partial charge in [0.15, 0.2) is 6.10 Å². The molecule has 6 nitrogen and oxygen atoms in total. The average molecular weight is 1110 g/mol. The van der Waals surface area contributed by atoms with E-state index in [-0.39, 0.29) is 31.1 Å². The van der Waals surface area contributed by atoms with Gasteiger partial charge >= 0.3 is 17.9 Å². The van der Waals surface area contributed by atoms with Crippen LogP contribution < -0.4 is 0 Å². The molecule has 1 unspecified atom stereocenters. The van der Waals surface area contributed by atoms with Crippen LogP contribution in [0.1, 0.15) is 380 Å². The quantitative estimate of drug-likeness (QED) is 0.0261. The lowest BCUT2D eigenvalue weighted by molar-refractivity contribution is -0.167. The molecule has 6 heteroatoms. The fraction of sp³-hybridized carbons (Fsp3) is 0.849. The molecule has 0 aliphatic carbocycles. The van der Waals surface area contributed by atoms with Gasteiger partial charge in [-0.15, -0.1) is 0 Å². The first kappa shape index (κ1) is 76.4. The van der Waals surface area contributed by atoms with Crippen LogP contribution in [0.4, 0.5) is 0 Å². The lowest BCUT2D eigenvalue weighted by Crippen LogP contribution is -2.30. The van der Waals surface area contributed by atoms with Gasteiger partial charge in [-0.2, -0.15) is 0 Å². The normalized spacial score (nSPS) is 12.3. The second kappa shape index (κ2) is 67.9. The average Bonchev–Trinajstić information content (AvgIpc) is 3.45. The predicted molar refractivity (Wildman–Crippen MR) is 344 cm³/mol. The van der Waals surface area contributed by atoms with Gasteiger partial charge in [0.25, 0.3) is 0 Å². The van der Waals surface area contributed by atoms with Crippen molar-refractivity contribution in [1.82, 2.24) is 0 Å². The first-order valence-electron chi connectivity index (χ1n) is 35.1. The largest absolute Gasteiger partial charge is 0.462 e. The van der Waals surface area contributed by atoms with Crippen LogP contribution in [0.25, 0.3) is 0 Å². The van der Waals surface area contributed by atoms with E-state index in [2.05, 4.69) is 69.4 Å². The number of rotatable bonds is 65. The van der Waals surface area contributed by atoms with Crippen molar-refractivity contribution in [2.45, 2.75) is 386 Å². The van der Waals surface area contributed by atoms with Crippen molar-refractivity contribution in [2.75, 3.05) is 13.2 Å². The zero-order chi connectivity index (χ0) is 57.1. The highest BCUT2D eigenvalue weighted by molar-refractivity contribution is 5.71. The Morgan fingerprint density at radius 1 is 0.253 bits per heavy atom. The van der Waals surface area contributed by atoms with Gasteiger partial charge in [0, 0.05) is 19.3 Å². The molecular formula is C73H134O6. The molecule has 0 aromatic heterocycles. The lowest BCUT2D eigenvalue weighted by Gasteiger charge is -2.18. The standard InChI is InChI=1S/C73H134O6/c1-4-7-10-13-16-19-22-25-28-31-33-35-36-37-39-40-42-45-48-51-54-57-60-63-66-72(75)78-69-70(68-77-71(74)65-62-59-56-53-50-47-44-30-27-24-21-18-15-12-9-6-3)79-73(76)67-64-61-58-55-52-49-46-43-41-38-34-32-29-26-23-20-17-14-11-8-5-2/h23,26,30,32,34,41,43-44,70H,4-22,24-25,27-29,31,33,35-40,42,45-69H2,1-3H3/b26-23-,34-32-,43-41-,44-30-. The Balaban J connectivity index is 4.33. The fourth-order valence-electron chi connectivity index (χ4n) is 10.5. The summed E-state index contributed by atoms with van der Waals surface area (Å²) in [5, 5.41) is 0. The molecule has 0 N–H and O–H groups in total. The van der Waals surface area contributed by atoms with Gasteiger partial charge in [0.1, 0.15) is 13.2 Å². The monoisotopic (exact) mass is 1110 g/mol. The fourth-order valence-corrected chi connectivity index (χ4v) is 10.5. The molecule has 0 aliphatic heterocycles. The zero-order valence-corrected chi connectivity index (χ0v) is 53.2. The third-order valence-corrected chi connectivity index (χ3v) is 15.8. The Bertz CT molecular complexity index is 1360. The van der Waals surface area contributed by atoms with E-state index in [9.17, 15) is 14.4 Å². The number of allylic oxidation sites excluding steroid dienone is 8. The number of esters is 3. The van der Waals surface area contributed by atoms with Crippen molar-refractivity contribution in [2.24, 2.45) is 0 Å². The number of carbonyl (C=O) groups is 3. The summed E-state index contributed by atoms with van der Waals surface area (Å²) < 4.78 is 17.0. The maximum atomic E-state index is 12.9. The minimum atomic E-state index is -0.784. The van der Waals surface area contributed by atoms with Gasteiger partial charge < -0.3 is 14.2 Å². The van der Waals surface area contributed by atoms with E-state index in [1.807, 2.05) is 0 Å². The molecular weight excluding hydrogens is 973 g/mol. The van der Waals surface area contributed by atoms with Crippen LogP contribution in [-0.4, -0.2) is 37.2 Å². The second-order valence-electron chi connectivity index (χ2n) is 23.8. The van der Waals surface area contributed by atoms with Crippen molar-refractivity contribution >= 4 is 17.9 Å². The molecule has 0 amide bonds. The molecule has 0 fully saturated rings. The van der Waals surface area contributed by atoms with Gasteiger partial charge in [0.2, 0.25) is 0 Å². The van der Waals surface area contributed by atoms with Gasteiger partial charge in [-0.25, -0.2) is 0 Å². The van der Waals surface area contributed by atoms with Crippen molar-refractivity contribution < 1.29 is 28.6 Å². The predicted octanol–water partition coefficient (Wildman–Crippen LogP) is 24.1. The van der Waals surface area contributed by atoms with E-state index in [4.69, 9.17) is 14.2 Å². The van der Waals surface area contributed by atoms with Crippen LogP contribution in [0.3, 0.4) is 0 Å². The smallest absolute Gasteiger partial charge is 0.306 e. The molecule has 462 valence electrons. The minimum Gasteiger partial charge on any atom is -0.462 e. The molecule has 1 atom stereocenters. The summed E-state index contributed by atoms with van der Waals surface area (Å²) in [4.78, 5) is 38.4. The molecule has 0 aromatic rings. The Morgan fingerprint density at radius 3 is 0.722 bits per heavy atom. The minimum absolute atomic E-state index is 0.0772. The van der Waals surface area contributed by atoms with E-state index in [1.54, 1.807) is 0 Å². The van der Waals surface area contributed by atoms with Gasteiger partial charge in [-0.1, -0.05) is 326 Å². The molecule has 0 aromatic carbocycles. The highest BCUT2D eigenvalue weighted by Gasteiger charge is 2.19. The third-order valence-electron chi connectivity index (χ3n) is 15.8. The van der Waals surface area contributed by atoms with E-state index in [0.29, 0.717) is 19.3 Å². The van der Waals surface area contributed by atoms with Crippen LogP contribution >= 0.6 is 0 Å². The van der Waals surface area contributed by atoms with E-state index >= 15 is 0 Å². The van der Waals surface area contributed by atoms with Gasteiger partial charge in [0.05, 0.1) is 0 Å². The number of hydrogen-bond acceptors (Lipinski definition) is 6. The Kier molecular flexibility index (Phi) is 65.6. The summed E-state index contributed by atoms with van der Waals surface area (Å²) >= 11 is 0. The maximum absolute atomic E-state index is 12.9. The summed E-state index contributed by atoms with van der Waals surface area (Å²) in [6.07, 6.45) is 85.6. The topological polar surface area (TPSA) is 78.9 Å². The number of hydrogen-bond donors (Lipinski definition) is 0. The van der Waals surface area contributed by atoms with Crippen molar-refractivity contribution in [1.29, 1.82) is 0 Å². The Hall–Kier alpha value is -2.63. The summed E-state index contributed by atoms with van der Waals surface area (Å²) in [6, 6.07) is 0. The molecule has 0 saturated carbocycles. The first-order chi connectivity index (χ1) is 39.0. The molecule has 0 bridgehead atoms. The first-order valence-corrected chi connectivity index (χ1v) is 35.1. The van der Waals surface area contributed by atoms with Crippen molar-refractivity contribution in [3.8, 4) is 0 Å². The SMILES string of the molecule is CCCCCCC/C=C\C/C=C\C/C=C\CCCCCCCCC(=O)OC(COC(=O)CCCCCCC/C=C\CCCCCCCCC)COC(=O)CCCCCCCCCCCCCCCCCCCCCCCCCC. The zero-order valence-electron chi connectivity index (χ0n) is 53.2. The highest BCUT2D eigenvalue weighted by atomic mass is 16.6.